The maximum Gasteiger partial charge on any atom is 0.305 e. The Hall–Kier alpha value is -3.88. The lowest BCUT2D eigenvalue weighted by Crippen LogP contribution is -2.44. The van der Waals surface area contributed by atoms with E-state index in [-0.39, 0.29) is 30.8 Å². The second-order valence-electron chi connectivity index (χ2n) is 8.11. The van der Waals surface area contributed by atoms with Crippen molar-refractivity contribution in [1.82, 2.24) is 20.2 Å². The second-order valence-corrected chi connectivity index (χ2v) is 8.11. The Labute approximate surface area is 184 Å². The minimum Gasteiger partial charge on any atom is -0.481 e. The molecule has 0 radical (unpaired) electrons. The molecule has 3 aromatic rings. The number of carbonyl (C=O) groups excluding carboxylic acids is 2. The Kier molecular flexibility index (Phi) is 5.81. The third kappa shape index (κ3) is 4.41. The van der Waals surface area contributed by atoms with Gasteiger partial charge >= 0.3 is 5.97 Å². The average Bonchev–Trinajstić information content (AvgIpc) is 3.12. The van der Waals surface area contributed by atoms with Gasteiger partial charge in [-0.15, -0.1) is 0 Å². The van der Waals surface area contributed by atoms with Crippen molar-refractivity contribution in [3.05, 3.63) is 59.4 Å². The molecule has 1 aromatic heterocycles. The third-order valence-electron chi connectivity index (χ3n) is 5.48. The summed E-state index contributed by atoms with van der Waals surface area (Å²) in [5.74, 6) is -0.926. The number of nitrogens with zero attached hydrogens (tertiary/aromatic N) is 2. The van der Waals surface area contributed by atoms with Gasteiger partial charge in [0.2, 0.25) is 5.91 Å². The van der Waals surface area contributed by atoms with Crippen molar-refractivity contribution in [2.75, 3.05) is 5.32 Å². The van der Waals surface area contributed by atoms with E-state index in [9.17, 15) is 19.5 Å². The molecule has 9 nitrogen and oxygen atoms in total. The monoisotopic (exact) mass is 435 g/mol. The van der Waals surface area contributed by atoms with E-state index in [4.69, 9.17) is 0 Å². The third-order valence-corrected chi connectivity index (χ3v) is 5.48. The van der Waals surface area contributed by atoms with Crippen LogP contribution in [0.15, 0.2) is 42.5 Å². The smallest absolute Gasteiger partial charge is 0.305 e. The number of benzene rings is 2. The molecule has 2 aromatic carbocycles. The maximum absolute atomic E-state index is 12.9. The SMILES string of the molecule is CC(C)N1Cc2cc(C(=O)NCc3nc4ccccc4[nH]3)ccc2N[C@@H](CC(=O)O)C1=O. The van der Waals surface area contributed by atoms with Gasteiger partial charge in [-0.3, -0.25) is 14.4 Å². The maximum atomic E-state index is 12.9. The van der Waals surface area contributed by atoms with E-state index in [0.717, 1.165) is 16.6 Å². The summed E-state index contributed by atoms with van der Waals surface area (Å²) in [5.41, 5.74) is 3.61. The van der Waals surface area contributed by atoms with Gasteiger partial charge in [-0.1, -0.05) is 12.1 Å². The summed E-state index contributed by atoms with van der Waals surface area (Å²) >= 11 is 0. The summed E-state index contributed by atoms with van der Waals surface area (Å²) in [5, 5.41) is 15.1. The van der Waals surface area contributed by atoms with Gasteiger partial charge in [0.05, 0.1) is 24.0 Å². The highest BCUT2D eigenvalue weighted by Crippen LogP contribution is 2.26. The standard InChI is InChI=1S/C23H25N5O4/c1-13(2)28-12-15-9-14(7-8-16(15)25-19(23(28)32)10-21(29)30)22(31)24-11-20-26-17-5-3-4-6-18(17)27-20/h3-9,13,19,25H,10-12H2,1-2H3,(H,24,31)(H,26,27)(H,29,30)/t19-/m0/s1. The fraction of sp³-hybridized carbons (Fsp3) is 0.304. The van der Waals surface area contributed by atoms with Crippen molar-refractivity contribution >= 4 is 34.5 Å². The number of carboxylic acid groups (broad SMARTS) is 1. The normalized spacial score (nSPS) is 15.9. The molecule has 1 aliphatic heterocycles. The van der Waals surface area contributed by atoms with Crippen molar-refractivity contribution in [2.45, 2.75) is 45.4 Å². The Morgan fingerprint density at radius 1 is 1.25 bits per heavy atom. The molecule has 9 heteroatoms. The van der Waals surface area contributed by atoms with E-state index in [1.807, 2.05) is 38.1 Å². The molecule has 0 fully saturated rings. The number of hydrogen-bond acceptors (Lipinski definition) is 5. The van der Waals surface area contributed by atoms with Crippen LogP contribution in [-0.4, -0.2) is 49.8 Å². The molecular formula is C23H25N5O4. The van der Waals surface area contributed by atoms with Crippen LogP contribution in [0.1, 0.15) is 42.0 Å². The molecule has 32 heavy (non-hydrogen) atoms. The zero-order valence-electron chi connectivity index (χ0n) is 17.9. The van der Waals surface area contributed by atoms with Crippen molar-refractivity contribution < 1.29 is 19.5 Å². The van der Waals surface area contributed by atoms with Crippen LogP contribution < -0.4 is 10.6 Å². The lowest BCUT2D eigenvalue weighted by Gasteiger charge is -2.27. The van der Waals surface area contributed by atoms with Gasteiger partial charge in [0.25, 0.3) is 5.91 Å². The van der Waals surface area contributed by atoms with Gasteiger partial charge in [-0.2, -0.15) is 0 Å². The number of carboxylic acids is 1. The second kappa shape index (κ2) is 8.70. The summed E-state index contributed by atoms with van der Waals surface area (Å²) in [6.07, 6.45) is -0.318. The number of fused-ring (bicyclic) bond motifs is 2. The van der Waals surface area contributed by atoms with Crippen LogP contribution in [0, 0.1) is 0 Å². The highest BCUT2D eigenvalue weighted by molar-refractivity contribution is 5.96. The quantitative estimate of drug-likeness (QED) is 0.471. The van der Waals surface area contributed by atoms with Crippen molar-refractivity contribution in [2.24, 2.45) is 0 Å². The Morgan fingerprint density at radius 3 is 2.75 bits per heavy atom. The van der Waals surface area contributed by atoms with Crippen LogP contribution in [-0.2, 0) is 22.7 Å². The number of amides is 2. The molecule has 1 aliphatic rings. The average molecular weight is 435 g/mol. The highest BCUT2D eigenvalue weighted by Gasteiger charge is 2.32. The van der Waals surface area contributed by atoms with Crippen molar-refractivity contribution in [1.29, 1.82) is 0 Å². The van der Waals surface area contributed by atoms with Crippen LogP contribution in [0.2, 0.25) is 0 Å². The summed E-state index contributed by atoms with van der Waals surface area (Å²) < 4.78 is 0. The van der Waals surface area contributed by atoms with Gasteiger partial charge in [-0.05, 0) is 49.7 Å². The van der Waals surface area contributed by atoms with Gasteiger partial charge in [0.15, 0.2) is 0 Å². The molecule has 2 heterocycles. The van der Waals surface area contributed by atoms with E-state index in [1.165, 1.54) is 0 Å². The van der Waals surface area contributed by atoms with E-state index in [1.54, 1.807) is 23.1 Å². The first kappa shape index (κ1) is 21.4. The van der Waals surface area contributed by atoms with E-state index < -0.39 is 12.0 Å². The number of aromatic nitrogens is 2. The minimum absolute atomic E-state index is 0.114. The molecule has 0 unspecified atom stereocenters. The number of rotatable bonds is 6. The number of imidazole rings is 1. The fourth-order valence-electron chi connectivity index (χ4n) is 3.82. The Morgan fingerprint density at radius 2 is 2.03 bits per heavy atom. The molecule has 166 valence electrons. The lowest BCUT2D eigenvalue weighted by atomic mass is 10.1. The lowest BCUT2D eigenvalue weighted by molar-refractivity contribution is -0.142. The molecule has 1 atom stereocenters. The van der Waals surface area contributed by atoms with Crippen LogP contribution in [0.4, 0.5) is 5.69 Å². The number of aromatic amines is 1. The molecule has 0 saturated carbocycles. The first-order valence-electron chi connectivity index (χ1n) is 10.5. The molecule has 2 amide bonds. The van der Waals surface area contributed by atoms with E-state index in [0.29, 0.717) is 23.6 Å². The highest BCUT2D eigenvalue weighted by atomic mass is 16.4. The van der Waals surface area contributed by atoms with Crippen LogP contribution in [0.25, 0.3) is 11.0 Å². The Bertz CT molecular complexity index is 1150. The van der Waals surface area contributed by atoms with E-state index in [2.05, 4.69) is 20.6 Å². The number of aliphatic carboxylic acids is 1. The molecule has 0 spiro atoms. The fourth-order valence-corrected chi connectivity index (χ4v) is 3.82. The molecule has 4 rings (SSSR count). The van der Waals surface area contributed by atoms with Crippen molar-refractivity contribution in [3.8, 4) is 0 Å². The number of hydrogen-bond donors (Lipinski definition) is 4. The summed E-state index contributed by atoms with van der Waals surface area (Å²) in [6.45, 7) is 4.30. The predicted molar refractivity (Wildman–Crippen MR) is 119 cm³/mol. The van der Waals surface area contributed by atoms with E-state index >= 15 is 0 Å². The minimum atomic E-state index is -1.05. The molecular weight excluding hydrogens is 410 g/mol. The molecule has 0 aliphatic carbocycles. The molecule has 0 bridgehead atoms. The molecule has 0 saturated heterocycles. The van der Waals surface area contributed by atoms with Crippen LogP contribution in [0.3, 0.4) is 0 Å². The number of anilines is 1. The zero-order valence-corrected chi connectivity index (χ0v) is 17.9. The number of para-hydroxylation sites is 2. The van der Waals surface area contributed by atoms with Gasteiger partial charge < -0.3 is 25.6 Å². The predicted octanol–water partition coefficient (Wildman–Crippen LogP) is 2.50. The van der Waals surface area contributed by atoms with Gasteiger partial charge in [0, 0.05) is 23.8 Å². The summed E-state index contributed by atoms with van der Waals surface area (Å²) in [4.78, 5) is 46.1. The molecule has 4 N–H and O–H groups in total. The van der Waals surface area contributed by atoms with Gasteiger partial charge in [0.1, 0.15) is 11.9 Å². The zero-order chi connectivity index (χ0) is 22.8. The Balaban J connectivity index is 1.53. The number of carbonyl (C=O) groups is 3. The van der Waals surface area contributed by atoms with Crippen molar-refractivity contribution in [3.63, 3.8) is 0 Å². The first-order chi connectivity index (χ1) is 15.3. The topological polar surface area (TPSA) is 127 Å². The van der Waals surface area contributed by atoms with Gasteiger partial charge in [-0.25, -0.2) is 4.98 Å². The van der Waals surface area contributed by atoms with Crippen LogP contribution in [0.5, 0.6) is 0 Å². The summed E-state index contributed by atoms with van der Waals surface area (Å²) in [7, 11) is 0. The van der Waals surface area contributed by atoms with Crippen LogP contribution >= 0.6 is 0 Å². The first-order valence-corrected chi connectivity index (χ1v) is 10.5. The number of nitrogens with one attached hydrogen (secondary N) is 3. The number of H-pyrrole nitrogens is 1. The summed E-state index contributed by atoms with van der Waals surface area (Å²) in [6, 6.07) is 11.8. The largest absolute Gasteiger partial charge is 0.481 e.